The van der Waals surface area contributed by atoms with E-state index in [1.54, 1.807) is 12.1 Å². The average Bonchev–Trinajstić information content (AvgIpc) is 3.15. The number of nitrogens with one attached hydrogen (secondary N) is 1. The highest BCUT2D eigenvalue weighted by Gasteiger charge is 2.26. The van der Waals surface area contributed by atoms with Crippen molar-refractivity contribution >= 4 is 39.9 Å². The molecule has 4 rings (SSSR count). The molecule has 1 fully saturated rings. The van der Waals surface area contributed by atoms with Crippen molar-refractivity contribution < 1.29 is 9.84 Å². The molecule has 1 aliphatic rings. The van der Waals surface area contributed by atoms with Crippen LogP contribution < -0.4 is 9.64 Å². The zero-order valence-corrected chi connectivity index (χ0v) is 18.5. The number of aliphatic hydroxyl groups excluding tert-OH is 1. The lowest BCUT2D eigenvalue weighted by atomic mass is 9.91. The number of H-pyrrole nitrogens is 1. The molecule has 2 unspecified atom stereocenters. The Balaban J connectivity index is 1.38. The molecular formula is C24H28Cl2N2O2. The number of fused-ring (bicyclic) bond motifs is 1. The summed E-state index contributed by atoms with van der Waals surface area (Å²) in [5.74, 6) is 1.81. The number of rotatable bonds is 8. The van der Waals surface area contributed by atoms with Crippen LogP contribution in [0.5, 0.6) is 5.75 Å². The van der Waals surface area contributed by atoms with Crippen LogP contribution >= 0.6 is 23.2 Å². The molecule has 1 aliphatic carbocycles. The normalized spacial score (nSPS) is 19.2. The van der Waals surface area contributed by atoms with Crippen LogP contribution in [0.1, 0.15) is 38.5 Å². The van der Waals surface area contributed by atoms with Gasteiger partial charge in [0.05, 0.1) is 17.7 Å². The maximum atomic E-state index is 10.2. The Morgan fingerprint density at radius 3 is 2.73 bits per heavy atom. The van der Waals surface area contributed by atoms with Crippen molar-refractivity contribution in [3.05, 3.63) is 58.6 Å². The number of unbranched alkanes of at least 4 members (excludes halogenated alkanes) is 1. The number of aliphatic hydroxyl groups is 1. The van der Waals surface area contributed by atoms with Gasteiger partial charge in [-0.2, -0.15) is 0 Å². The smallest absolute Gasteiger partial charge is 0.137 e. The van der Waals surface area contributed by atoms with E-state index in [0.29, 0.717) is 28.4 Å². The minimum atomic E-state index is -0.203. The van der Waals surface area contributed by atoms with Crippen molar-refractivity contribution in [2.24, 2.45) is 0 Å². The fourth-order valence-corrected chi connectivity index (χ4v) is 4.76. The van der Waals surface area contributed by atoms with Crippen LogP contribution in [0.3, 0.4) is 0 Å². The van der Waals surface area contributed by atoms with Gasteiger partial charge < -0.3 is 19.7 Å². The Morgan fingerprint density at radius 2 is 1.93 bits per heavy atom. The molecule has 1 saturated carbocycles. The molecular weight excluding hydrogens is 419 g/mol. The third-order valence-corrected chi connectivity index (χ3v) is 6.36. The lowest BCUT2D eigenvalue weighted by Gasteiger charge is -2.37. The molecule has 2 aromatic carbocycles. The number of hydrogen-bond acceptors (Lipinski definition) is 3. The largest absolute Gasteiger partial charge is 0.492 e. The monoisotopic (exact) mass is 446 g/mol. The van der Waals surface area contributed by atoms with Crippen molar-refractivity contribution in [2.75, 3.05) is 18.1 Å². The van der Waals surface area contributed by atoms with Gasteiger partial charge in [0.2, 0.25) is 0 Å². The molecule has 3 aromatic rings. The lowest BCUT2D eigenvalue weighted by molar-refractivity contribution is 0.118. The molecule has 160 valence electrons. The average molecular weight is 447 g/mol. The Morgan fingerprint density at radius 1 is 1.07 bits per heavy atom. The summed E-state index contributed by atoms with van der Waals surface area (Å²) in [4.78, 5) is 6.01. The van der Waals surface area contributed by atoms with Crippen molar-refractivity contribution in [2.45, 2.75) is 50.7 Å². The maximum absolute atomic E-state index is 10.2. The van der Waals surface area contributed by atoms with Crippen molar-refractivity contribution in [3.8, 4) is 5.75 Å². The van der Waals surface area contributed by atoms with Crippen molar-refractivity contribution in [1.82, 2.24) is 4.98 Å². The summed E-state index contributed by atoms with van der Waals surface area (Å²) in [6.45, 7) is 1.52. The van der Waals surface area contributed by atoms with E-state index in [1.807, 2.05) is 6.07 Å². The fourth-order valence-electron chi connectivity index (χ4n) is 4.29. The van der Waals surface area contributed by atoms with Gasteiger partial charge in [-0.25, -0.2) is 0 Å². The zero-order chi connectivity index (χ0) is 20.9. The highest BCUT2D eigenvalue weighted by atomic mass is 35.5. The van der Waals surface area contributed by atoms with Crippen LogP contribution in [0, 0.1) is 0 Å². The van der Waals surface area contributed by atoms with Gasteiger partial charge in [-0.05, 0) is 68.9 Å². The minimum Gasteiger partial charge on any atom is -0.492 e. The first-order valence-electron chi connectivity index (χ1n) is 10.7. The van der Waals surface area contributed by atoms with Gasteiger partial charge in [0.15, 0.2) is 0 Å². The third kappa shape index (κ3) is 5.23. The number of anilines is 1. The summed E-state index contributed by atoms with van der Waals surface area (Å²) >= 11 is 12.1. The van der Waals surface area contributed by atoms with Crippen LogP contribution in [0.25, 0.3) is 10.9 Å². The number of aromatic nitrogens is 1. The van der Waals surface area contributed by atoms with Crippen LogP contribution in [-0.2, 0) is 0 Å². The molecule has 2 atom stereocenters. The van der Waals surface area contributed by atoms with Crippen LogP contribution in [-0.4, -0.2) is 35.4 Å². The molecule has 0 bridgehead atoms. The molecule has 0 saturated heterocycles. The number of nitrogens with zero attached hydrogens (tertiary/aromatic N) is 1. The Bertz CT molecular complexity index is 942. The third-order valence-electron chi connectivity index (χ3n) is 5.83. The molecule has 0 amide bonds. The first-order valence-corrected chi connectivity index (χ1v) is 11.5. The molecule has 4 nitrogen and oxygen atoms in total. The molecule has 0 radical (unpaired) electrons. The van der Waals surface area contributed by atoms with E-state index >= 15 is 0 Å². The predicted octanol–water partition coefficient (Wildman–Crippen LogP) is 6.44. The number of hydrogen-bond donors (Lipinski definition) is 2. The standard InChI is InChI=1S/C24H28Cl2N2O2/c25-18-10-11-23(21(26)15-18)30-13-4-3-12-28(19-7-5-8-20(29)16-19)24-14-17-6-1-2-9-22(17)27-24/h1-2,6,9-11,14-15,19-20,27,29H,3-5,7-8,12-13,16H2. The molecule has 1 aromatic heterocycles. The molecule has 2 N–H and O–H groups in total. The van der Waals surface area contributed by atoms with Crippen molar-refractivity contribution in [1.29, 1.82) is 0 Å². The Kier molecular flexibility index (Phi) is 7.08. The van der Waals surface area contributed by atoms with E-state index < -0.39 is 0 Å². The first-order chi connectivity index (χ1) is 14.6. The summed E-state index contributed by atoms with van der Waals surface area (Å²) in [6.07, 6.45) is 5.63. The zero-order valence-electron chi connectivity index (χ0n) is 17.0. The highest BCUT2D eigenvalue weighted by Crippen LogP contribution is 2.30. The Labute approximate surface area is 187 Å². The number of ether oxygens (including phenoxy) is 1. The minimum absolute atomic E-state index is 0.203. The van der Waals surface area contributed by atoms with E-state index in [2.05, 4.69) is 40.2 Å². The lowest BCUT2D eigenvalue weighted by Crippen LogP contribution is -2.41. The second-order valence-electron chi connectivity index (χ2n) is 8.04. The van der Waals surface area contributed by atoms with Gasteiger partial charge in [-0.15, -0.1) is 0 Å². The second kappa shape index (κ2) is 9.95. The van der Waals surface area contributed by atoms with Gasteiger partial charge in [0, 0.05) is 28.5 Å². The van der Waals surface area contributed by atoms with E-state index in [4.69, 9.17) is 27.9 Å². The predicted molar refractivity (Wildman–Crippen MR) is 125 cm³/mol. The van der Waals surface area contributed by atoms with Gasteiger partial charge in [-0.1, -0.05) is 41.4 Å². The van der Waals surface area contributed by atoms with Gasteiger partial charge in [0.25, 0.3) is 0 Å². The molecule has 0 aliphatic heterocycles. The quantitative estimate of drug-likeness (QED) is 0.391. The maximum Gasteiger partial charge on any atom is 0.137 e. The fraction of sp³-hybridized carbons (Fsp3) is 0.417. The van der Waals surface area contributed by atoms with Crippen molar-refractivity contribution in [3.63, 3.8) is 0 Å². The van der Waals surface area contributed by atoms with E-state index in [9.17, 15) is 5.11 Å². The highest BCUT2D eigenvalue weighted by molar-refractivity contribution is 6.35. The van der Waals surface area contributed by atoms with Crippen LogP contribution in [0.15, 0.2) is 48.5 Å². The summed E-state index contributed by atoms with van der Waals surface area (Å²) < 4.78 is 5.83. The van der Waals surface area contributed by atoms with Gasteiger partial charge in [0.1, 0.15) is 11.6 Å². The van der Waals surface area contributed by atoms with Crippen LogP contribution in [0.4, 0.5) is 5.82 Å². The number of benzene rings is 2. The van der Waals surface area contributed by atoms with Crippen LogP contribution in [0.2, 0.25) is 10.0 Å². The first kappa shape index (κ1) is 21.4. The van der Waals surface area contributed by atoms with Gasteiger partial charge in [-0.3, -0.25) is 0 Å². The SMILES string of the molecule is OC1CCCC(N(CCCCOc2ccc(Cl)cc2Cl)c2cc3ccccc3[nH]2)C1. The molecule has 30 heavy (non-hydrogen) atoms. The van der Waals surface area contributed by atoms with E-state index in [-0.39, 0.29) is 6.10 Å². The van der Waals surface area contributed by atoms with E-state index in [0.717, 1.165) is 56.4 Å². The number of halogens is 2. The number of para-hydroxylation sites is 1. The summed E-state index contributed by atoms with van der Waals surface area (Å²) in [6, 6.07) is 16.2. The number of aromatic amines is 1. The summed E-state index contributed by atoms with van der Waals surface area (Å²) in [7, 11) is 0. The summed E-state index contributed by atoms with van der Waals surface area (Å²) in [5.41, 5.74) is 1.15. The molecule has 0 spiro atoms. The topological polar surface area (TPSA) is 48.5 Å². The summed E-state index contributed by atoms with van der Waals surface area (Å²) in [5, 5.41) is 12.6. The Hall–Kier alpha value is -1.88. The molecule has 1 heterocycles. The second-order valence-corrected chi connectivity index (χ2v) is 8.88. The van der Waals surface area contributed by atoms with E-state index in [1.165, 1.54) is 5.39 Å². The van der Waals surface area contributed by atoms with Gasteiger partial charge >= 0.3 is 0 Å². The molecule has 6 heteroatoms.